The molecule has 0 amide bonds. The molecule has 5 aliphatic rings. The quantitative estimate of drug-likeness (QED) is 0.272. The fraction of sp³-hybridized carbons (Fsp3) is 0.294. The van der Waals surface area contributed by atoms with E-state index in [1.807, 2.05) is 6.07 Å². The lowest BCUT2D eigenvalue weighted by molar-refractivity contribution is -0.0399. The topological polar surface area (TPSA) is 0 Å². The SMILES string of the molecule is Clc1cccc(-c2ccccc2)c1-c1ccc2c(c1)C1(c3ccccc3-2)C2CC3CC(C2)CC1C3. The standard InChI is InChI=1S/C34H29Cl/c35-32-12-6-10-27(23-7-2-1-3-8-23)33(32)24-13-14-29-28-9-4-5-11-30(28)34(31(29)20-24)25-16-21-15-22(18-25)19-26(34)17-21/h1-14,20-22,25-26H,15-19H2. The fourth-order valence-corrected chi connectivity index (χ4v) is 9.27. The van der Waals surface area contributed by atoms with Crippen LogP contribution in [0.3, 0.4) is 0 Å². The van der Waals surface area contributed by atoms with Gasteiger partial charge in [0.05, 0.1) is 0 Å². The highest BCUT2D eigenvalue weighted by Gasteiger charge is 2.61. The maximum Gasteiger partial charge on any atom is 0.0490 e. The van der Waals surface area contributed by atoms with Crippen molar-refractivity contribution >= 4 is 11.6 Å². The Hall–Kier alpha value is -2.83. The highest BCUT2D eigenvalue weighted by molar-refractivity contribution is 6.34. The normalized spacial score (nSPS) is 29.4. The molecule has 0 unspecified atom stereocenters. The predicted molar refractivity (Wildman–Crippen MR) is 146 cm³/mol. The van der Waals surface area contributed by atoms with Crippen molar-refractivity contribution in [1.29, 1.82) is 0 Å². The van der Waals surface area contributed by atoms with Gasteiger partial charge >= 0.3 is 0 Å². The molecule has 0 radical (unpaired) electrons. The van der Waals surface area contributed by atoms with E-state index < -0.39 is 0 Å². The van der Waals surface area contributed by atoms with Gasteiger partial charge in [-0.25, -0.2) is 0 Å². The largest absolute Gasteiger partial charge is 0.0836 e. The van der Waals surface area contributed by atoms with Crippen LogP contribution in [-0.2, 0) is 5.41 Å². The van der Waals surface area contributed by atoms with Gasteiger partial charge in [-0.05, 0) is 107 Å². The van der Waals surface area contributed by atoms with Crippen LogP contribution in [0.5, 0.6) is 0 Å². The number of halogens is 1. The monoisotopic (exact) mass is 472 g/mol. The first kappa shape index (κ1) is 20.4. The lowest BCUT2D eigenvalue weighted by Crippen LogP contribution is -2.55. The van der Waals surface area contributed by atoms with E-state index in [1.165, 1.54) is 59.9 Å². The minimum absolute atomic E-state index is 0.184. The molecule has 4 saturated carbocycles. The van der Waals surface area contributed by atoms with Crippen LogP contribution < -0.4 is 0 Å². The number of hydrogen-bond donors (Lipinski definition) is 0. The van der Waals surface area contributed by atoms with E-state index in [2.05, 4.69) is 84.9 Å². The number of rotatable bonds is 2. The highest BCUT2D eigenvalue weighted by Crippen LogP contribution is 2.69. The molecule has 1 heteroatoms. The van der Waals surface area contributed by atoms with Crippen molar-refractivity contribution in [1.82, 2.24) is 0 Å². The van der Waals surface area contributed by atoms with Gasteiger partial charge < -0.3 is 0 Å². The van der Waals surface area contributed by atoms with E-state index >= 15 is 0 Å². The summed E-state index contributed by atoms with van der Waals surface area (Å²) < 4.78 is 0. The Labute approximate surface area is 213 Å². The fourth-order valence-electron chi connectivity index (χ4n) is 8.98. The Bertz CT molecular complexity index is 1440. The van der Waals surface area contributed by atoms with Crippen LogP contribution in [0, 0.1) is 23.7 Å². The molecule has 0 atom stereocenters. The van der Waals surface area contributed by atoms with E-state index in [1.54, 1.807) is 11.1 Å². The van der Waals surface area contributed by atoms with Gasteiger partial charge in [0.1, 0.15) is 0 Å². The number of benzene rings is 4. The lowest BCUT2D eigenvalue weighted by Gasteiger charge is -2.61. The Balaban J connectivity index is 1.38. The Kier molecular flexibility index (Phi) is 4.27. The molecule has 35 heavy (non-hydrogen) atoms. The summed E-state index contributed by atoms with van der Waals surface area (Å²) in [5, 5.41) is 0.834. The highest BCUT2D eigenvalue weighted by atomic mass is 35.5. The molecular weight excluding hydrogens is 444 g/mol. The number of hydrogen-bond acceptors (Lipinski definition) is 0. The zero-order valence-corrected chi connectivity index (χ0v) is 20.6. The summed E-state index contributed by atoms with van der Waals surface area (Å²) in [5.74, 6) is 3.46. The molecule has 9 rings (SSSR count). The van der Waals surface area contributed by atoms with Crippen LogP contribution in [0.15, 0.2) is 91.0 Å². The Morgan fingerprint density at radius 3 is 1.97 bits per heavy atom. The van der Waals surface area contributed by atoms with Gasteiger partial charge in [0, 0.05) is 16.0 Å². The molecule has 172 valence electrons. The first-order valence-electron chi connectivity index (χ1n) is 13.3. The second-order valence-corrected chi connectivity index (χ2v) is 11.9. The molecule has 0 nitrogen and oxygen atoms in total. The average molecular weight is 473 g/mol. The van der Waals surface area contributed by atoms with Gasteiger partial charge in [-0.3, -0.25) is 0 Å². The first-order valence-corrected chi connectivity index (χ1v) is 13.7. The van der Waals surface area contributed by atoms with E-state index in [4.69, 9.17) is 11.6 Å². The summed E-state index contributed by atoms with van der Waals surface area (Å²) >= 11 is 6.95. The van der Waals surface area contributed by atoms with Gasteiger partial charge in [-0.1, -0.05) is 90.5 Å². The van der Waals surface area contributed by atoms with Crippen LogP contribution in [0.25, 0.3) is 33.4 Å². The summed E-state index contributed by atoms with van der Waals surface area (Å²) in [5.41, 5.74) is 11.2. The van der Waals surface area contributed by atoms with E-state index in [-0.39, 0.29) is 5.41 Å². The minimum Gasteiger partial charge on any atom is -0.0836 e. The van der Waals surface area contributed by atoms with Gasteiger partial charge in [-0.2, -0.15) is 0 Å². The lowest BCUT2D eigenvalue weighted by atomic mass is 9.43. The second kappa shape index (κ2) is 7.34. The van der Waals surface area contributed by atoms with Gasteiger partial charge in [0.2, 0.25) is 0 Å². The third-order valence-corrected chi connectivity index (χ3v) is 10.3. The maximum absolute atomic E-state index is 6.95. The van der Waals surface area contributed by atoms with Crippen LogP contribution in [0.1, 0.15) is 43.2 Å². The van der Waals surface area contributed by atoms with Crippen molar-refractivity contribution in [2.45, 2.75) is 37.5 Å². The predicted octanol–water partition coefficient (Wildman–Crippen LogP) is 9.40. The molecule has 4 bridgehead atoms. The maximum atomic E-state index is 6.95. The average Bonchev–Trinajstić information content (AvgIpc) is 3.17. The van der Waals surface area contributed by atoms with Crippen LogP contribution in [0.4, 0.5) is 0 Å². The molecule has 5 aliphatic carbocycles. The van der Waals surface area contributed by atoms with Crippen molar-refractivity contribution in [3.63, 3.8) is 0 Å². The molecule has 4 aromatic carbocycles. The molecule has 1 spiro atoms. The van der Waals surface area contributed by atoms with Crippen molar-refractivity contribution in [3.8, 4) is 33.4 Å². The van der Waals surface area contributed by atoms with Crippen molar-refractivity contribution in [3.05, 3.63) is 107 Å². The second-order valence-electron chi connectivity index (χ2n) is 11.5. The third-order valence-electron chi connectivity index (χ3n) is 9.94. The van der Waals surface area contributed by atoms with Gasteiger partial charge in [-0.15, -0.1) is 0 Å². The van der Waals surface area contributed by atoms with Crippen molar-refractivity contribution in [2.75, 3.05) is 0 Å². The molecule has 0 heterocycles. The molecular formula is C34H29Cl. The zero-order valence-electron chi connectivity index (χ0n) is 19.9. The van der Waals surface area contributed by atoms with Crippen LogP contribution in [-0.4, -0.2) is 0 Å². The van der Waals surface area contributed by atoms with Crippen LogP contribution >= 0.6 is 11.6 Å². The summed E-state index contributed by atoms with van der Waals surface area (Å²) in [7, 11) is 0. The molecule has 0 saturated heterocycles. The van der Waals surface area contributed by atoms with Gasteiger partial charge in [0.15, 0.2) is 0 Å². The van der Waals surface area contributed by atoms with Crippen molar-refractivity contribution in [2.24, 2.45) is 23.7 Å². The third kappa shape index (κ3) is 2.70. The zero-order chi connectivity index (χ0) is 23.1. The van der Waals surface area contributed by atoms with E-state index in [0.717, 1.165) is 34.3 Å². The summed E-state index contributed by atoms with van der Waals surface area (Å²) in [4.78, 5) is 0. The Morgan fingerprint density at radius 1 is 0.543 bits per heavy atom. The van der Waals surface area contributed by atoms with E-state index in [0.29, 0.717) is 0 Å². The number of fused-ring (bicyclic) bond motifs is 3. The molecule has 4 aromatic rings. The molecule has 0 N–H and O–H groups in total. The summed E-state index contributed by atoms with van der Waals surface area (Å²) in [6.45, 7) is 0. The van der Waals surface area contributed by atoms with E-state index in [9.17, 15) is 0 Å². The molecule has 0 aromatic heterocycles. The summed E-state index contributed by atoms with van der Waals surface area (Å²) in [6.07, 6.45) is 7.12. The minimum atomic E-state index is 0.184. The summed E-state index contributed by atoms with van der Waals surface area (Å²) in [6, 6.07) is 33.6. The molecule has 0 aliphatic heterocycles. The smallest absolute Gasteiger partial charge is 0.0490 e. The first-order chi connectivity index (χ1) is 17.2. The molecule has 4 fully saturated rings. The Morgan fingerprint density at radius 2 is 1.20 bits per heavy atom. The van der Waals surface area contributed by atoms with Crippen molar-refractivity contribution < 1.29 is 0 Å². The van der Waals surface area contributed by atoms with Crippen LogP contribution in [0.2, 0.25) is 5.02 Å². The van der Waals surface area contributed by atoms with Gasteiger partial charge in [0.25, 0.3) is 0 Å².